The molecule has 1 aliphatic rings. The predicted molar refractivity (Wildman–Crippen MR) is 66.1 cm³/mol. The minimum Gasteiger partial charge on any atom is -0.486 e. The van der Waals surface area contributed by atoms with Crippen molar-refractivity contribution in [2.45, 2.75) is 6.42 Å². The van der Waals surface area contributed by atoms with E-state index in [1.165, 1.54) is 0 Å². The minimum absolute atomic E-state index is 0.0430. The number of Topliss-reactive ketones (excluding diaryl/α,β-unsaturated/α-hetero) is 1. The van der Waals surface area contributed by atoms with Crippen LogP contribution in [0.2, 0.25) is 0 Å². The summed E-state index contributed by atoms with van der Waals surface area (Å²) < 4.78 is 32.9. The highest BCUT2D eigenvalue weighted by Crippen LogP contribution is 2.34. The van der Waals surface area contributed by atoms with Crippen molar-refractivity contribution in [3.05, 3.63) is 23.8 Å². The Kier molecular flexibility index (Phi) is 3.56. The highest BCUT2D eigenvalue weighted by atomic mass is 32.2. The average molecular weight is 270 g/mol. The first-order valence-corrected chi connectivity index (χ1v) is 7.63. The summed E-state index contributed by atoms with van der Waals surface area (Å²) in [5.41, 5.74) is 0.385. The highest BCUT2D eigenvalue weighted by molar-refractivity contribution is 7.90. The molecule has 98 valence electrons. The lowest BCUT2D eigenvalue weighted by Gasteiger charge is -2.20. The Bertz CT molecular complexity index is 562. The zero-order valence-corrected chi connectivity index (χ0v) is 10.8. The first-order valence-electron chi connectivity index (χ1n) is 5.57. The molecular weight excluding hydrogens is 256 g/mol. The maximum Gasteiger partial charge on any atom is 0.172 e. The summed E-state index contributed by atoms with van der Waals surface area (Å²) in [4.78, 5) is 12.0. The summed E-state index contributed by atoms with van der Waals surface area (Å²) in [7, 11) is -3.14. The molecule has 0 unspecified atom stereocenters. The van der Waals surface area contributed by atoms with Crippen molar-refractivity contribution in [1.29, 1.82) is 0 Å². The van der Waals surface area contributed by atoms with Gasteiger partial charge in [0.1, 0.15) is 23.1 Å². The number of fused-ring (bicyclic) bond motifs is 1. The van der Waals surface area contributed by atoms with E-state index < -0.39 is 9.84 Å². The van der Waals surface area contributed by atoms with Crippen LogP contribution in [0, 0.1) is 0 Å². The quantitative estimate of drug-likeness (QED) is 0.766. The Morgan fingerprint density at radius 2 is 2.00 bits per heavy atom. The summed E-state index contributed by atoms with van der Waals surface area (Å²) in [5, 5.41) is 0. The van der Waals surface area contributed by atoms with Gasteiger partial charge in [0.25, 0.3) is 0 Å². The normalized spacial score (nSPS) is 14.3. The van der Waals surface area contributed by atoms with Gasteiger partial charge in [-0.15, -0.1) is 0 Å². The Morgan fingerprint density at radius 1 is 1.28 bits per heavy atom. The fourth-order valence-corrected chi connectivity index (χ4v) is 2.26. The number of rotatable bonds is 4. The van der Waals surface area contributed by atoms with Crippen LogP contribution in [-0.2, 0) is 9.84 Å². The molecule has 0 aliphatic carbocycles. The van der Waals surface area contributed by atoms with Crippen LogP contribution in [0.4, 0.5) is 0 Å². The highest BCUT2D eigenvalue weighted by Gasteiger charge is 2.20. The van der Waals surface area contributed by atoms with E-state index in [0.29, 0.717) is 30.3 Å². The average Bonchev–Trinajstić information content (AvgIpc) is 2.34. The third-order valence-electron chi connectivity index (χ3n) is 2.57. The molecule has 0 saturated heterocycles. The zero-order chi connectivity index (χ0) is 13.2. The number of carbonyl (C=O) groups is 1. The van der Waals surface area contributed by atoms with Crippen molar-refractivity contribution in [2.24, 2.45) is 0 Å². The minimum atomic E-state index is -3.14. The number of hydrogen-bond donors (Lipinski definition) is 0. The van der Waals surface area contributed by atoms with Gasteiger partial charge in [-0.05, 0) is 12.1 Å². The third kappa shape index (κ3) is 3.01. The number of para-hydroxylation sites is 1. The van der Waals surface area contributed by atoms with Gasteiger partial charge in [-0.3, -0.25) is 4.79 Å². The monoisotopic (exact) mass is 270 g/mol. The van der Waals surface area contributed by atoms with Crippen LogP contribution in [-0.4, -0.2) is 39.4 Å². The van der Waals surface area contributed by atoms with Crippen LogP contribution < -0.4 is 9.47 Å². The van der Waals surface area contributed by atoms with E-state index in [2.05, 4.69) is 0 Å². The summed E-state index contributed by atoms with van der Waals surface area (Å²) in [6.07, 6.45) is 1.07. The second-order valence-corrected chi connectivity index (χ2v) is 6.39. The fraction of sp³-hybridized carbons (Fsp3) is 0.417. The van der Waals surface area contributed by atoms with Crippen LogP contribution in [0.1, 0.15) is 16.8 Å². The van der Waals surface area contributed by atoms with Crippen molar-refractivity contribution in [3.8, 4) is 11.5 Å². The molecule has 1 aromatic rings. The van der Waals surface area contributed by atoms with Gasteiger partial charge in [-0.25, -0.2) is 8.42 Å². The summed E-state index contributed by atoms with van der Waals surface area (Å²) in [5.74, 6) is 0.549. The number of carbonyl (C=O) groups excluding carboxylic acids is 1. The molecule has 0 N–H and O–H groups in total. The second kappa shape index (κ2) is 4.97. The molecule has 0 saturated carbocycles. The topological polar surface area (TPSA) is 69.7 Å². The van der Waals surface area contributed by atoms with Crippen LogP contribution in [0.3, 0.4) is 0 Å². The zero-order valence-electron chi connectivity index (χ0n) is 10.0. The van der Waals surface area contributed by atoms with Gasteiger partial charge in [0.05, 0.1) is 11.3 Å². The van der Waals surface area contributed by atoms with Gasteiger partial charge in [0.2, 0.25) is 0 Å². The summed E-state index contributed by atoms with van der Waals surface area (Å²) in [6.45, 7) is 0.845. The molecule has 1 aliphatic heterocycles. The third-order valence-corrected chi connectivity index (χ3v) is 3.51. The van der Waals surface area contributed by atoms with Gasteiger partial charge >= 0.3 is 0 Å². The van der Waals surface area contributed by atoms with Crippen molar-refractivity contribution in [1.82, 2.24) is 0 Å². The van der Waals surface area contributed by atoms with Crippen LogP contribution in [0.15, 0.2) is 18.2 Å². The van der Waals surface area contributed by atoms with E-state index in [1.807, 2.05) is 0 Å². The molecule has 5 nitrogen and oxygen atoms in total. The lowest BCUT2D eigenvalue weighted by atomic mass is 10.1. The van der Waals surface area contributed by atoms with Crippen LogP contribution >= 0.6 is 0 Å². The van der Waals surface area contributed by atoms with E-state index in [9.17, 15) is 13.2 Å². The van der Waals surface area contributed by atoms with Crippen molar-refractivity contribution >= 4 is 15.6 Å². The van der Waals surface area contributed by atoms with Gasteiger partial charge in [0, 0.05) is 12.7 Å². The maximum absolute atomic E-state index is 12.0. The molecule has 0 aromatic heterocycles. The number of benzene rings is 1. The molecule has 2 rings (SSSR count). The van der Waals surface area contributed by atoms with E-state index in [-0.39, 0.29) is 18.0 Å². The first kappa shape index (κ1) is 12.9. The molecular formula is C12H14O5S. The number of hydrogen-bond acceptors (Lipinski definition) is 5. The van der Waals surface area contributed by atoms with Crippen LogP contribution in [0.5, 0.6) is 11.5 Å². The first-order chi connectivity index (χ1) is 8.47. The summed E-state index contributed by atoms with van der Waals surface area (Å²) in [6, 6.07) is 5.04. The standard InChI is InChI=1S/C12H14O5S/c1-18(14,15)8-5-10(13)9-3-2-4-11-12(9)17-7-6-16-11/h2-4H,5-8H2,1H3. The molecule has 0 fully saturated rings. The van der Waals surface area contributed by atoms with Crippen molar-refractivity contribution in [3.63, 3.8) is 0 Å². The second-order valence-electron chi connectivity index (χ2n) is 4.13. The molecule has 1 aromatic carbocycles. The predicted octanol–water partition coefficient (Wildman–Crippen LogP) is 1.08. The number of ketones is 1. The van der Waals surface area contributed by atoms with E-state index >= 15 is 0 Å². The largest absolute Gasteiger partial charge is 0.486 e. The van der Waals surface area contributed by atoms with E-state index in [1.54, 1.807) is 18.2 Å². The van der Waals surface area contributed by atoms with Gasteiger partial charge in [-0.1, -0.05) is 6.07 Å². The Balaban J connectivity index is 2.20. The number of ether oxygens (including phenoxy) is 2. The SMILES string of the molecule is CS(=O)(=O)CCC(=O)c1cccc2c1OCCO2. The molecule has 6 heteroatoms. The van der Waals surface area contributed by atoms with Crippen molar-refractivity contribution in [2.75, 3.05) is 25.2 Å². The molecule has 0 bridgehead atoms. The maximum atomic E-state index is 12.0. The van der Waals surface area contributed by atoms with Gasteiger partial charge in [-0.2, -0.15) is 0 Å². The molecule has 0 amide bonds. The van der Waals surface area contributed by atoms with E-state index in [0.717, 1.165) is 6.26 Å². The Hall–Kier alpha value is -1.56. The smallest absolute Gasteiger partial charge is 0.172 e. The van der Waals surface area contributed by atoms with Gasteiger partial charge < -0.3 is 9.47 Å². The molecule has 0 spiro atoms. The number of sulfone groups is 1. The fourth-order valence-electron chi connectivity index (χ4n) is 1.71. The van der Waals surface area contributed by atoms with E-state index in [4.69, 9.17) is 9.47 Å². The summed E-state index contributed by atoms with van der Waals surface area (Å²) >= 11 is 0. The van der Waals surface area contributed by atoms with Crippen molar-refractivity contribution < 1.29 is 22.7 Å². The van der Waals surface area contributed by atoms with Crippen LogP contribution in [0.25, 0.3) is 0 Å². The molecule has 0 atom stereocenters. The van der Waals surface area contributed by atoms with Gasteiger partial charge in [0.15, 0.2) is 17.3 Å². The molecule has 0 radical (unpaired) electrons. The molecule has 18 heavy (non-hydrogen) atoms. The lowest BCUT2D eigenvalue weighted by molar-refractivity contribution is 0.0977. The Morgan fingerprint density at radius 3 is 2.72 bits per heavy atom. The Labute approximate surface area is 106 Å². The molecule has 1 heterocycles. The lowest BCUT2D eigenvalue weighted by Crippen LogP contribution is -2.18.